The highest BCUT2D eigenvalue weighted by Crippen LogP contribution is 2.41. The van der Waals surface area contributed by atoms with Gasteiger partial charge < -0.3 is 19.5 Å². The van der Waals surface area contributed by atoms with Crippen molar-refractivity contribution < 1.29 is 19.7 Å². The van der Waals surface area contributed by atoms with E-state index in [1.807, 2.05) is 6.07 Å². The maximum atomic E-state index is 12.4. The lowest BCUT2D eigenvalue weighted by atomic mass is 10.2. The van der Waals surface area contributed by atoms with Crippen LogP contribution >= 0.6 is 15.9 Å². The molecule has 0 saturated carbocycles. The summed E-state index contributed by atoms with van der Waals surface area (Å²) >= 11 is 3.26. The minimum absolute atomic E-state index is 0.0184. The summed E-state index contributed by atoms with van der Waals surface area (Å²) in [4.78, 5) is 12.4. The van der Waals surface area contributed by atoms with E-state index in [2.05, 4.69) is 33.1 Å². The van der Waals surface area contributed by atoms with E-state index < -0.39 is 5.91 Å². The fraction of sp³-hybridized carbons (Fsp3) is 0.250. The molecule has 2 N–H and O–H groups in total. The van der Waals surface area contributed by atoms with Gasteiger partial charge >= 0.3 is 0 Å². The second-order valence-electron chi connectivity index (χ2n) is 6.23. The Morgan fingerprint density at radius 3 is 2.71 bits per heavy atom. The second-order valence-corrected chi connectivity index (χ2v) is 7.14. The van der Waals surface area contributed by atoms with Gasteiger partial charge in [-0.3, -0.25) is 4.79 Å². The molecule has 0 unspecified atom stereocenters. The van der Waals surface area contributed by atoms with Crippen molar-refractivity contribution >= 4 is 38.4 Å². The molecule has 8 heteroatoms. The number of halogens is 1. The minimum Gasteiger partial charge on any atom is -0.507 e. The van der Waals surface area contributed by atoms with Crippen LogP contribution in [0.1, 0.15) is 30.1 Å². The number of ether oxygens (including phenoxy) is 1. The van der Waals surface area contributed by atoms with Crippen LogP contribution in [-0.4, -0.2) is 27.8 Å². The molecular formula is C20H20BrN3O4. The van der Waals surface area contributed by atoms with Gasteiger partial charge in [0.2, 0.25) is 5.88 Å². The van der Waals surface area contributed by atoms with Crippen molar-refractivity contribution in [3.63, 3.8) is 0 Å². The molecule has 0 saturated heterocycles. The van der Waals surface area contributed by atoms with Crippen LogP contribution in [0.25, 0.3) is 10.9 Å². The number of amides is 1. The van der Waals surface area contributed by atoms with E-state index in [9.17, 15) is 15.0 Å². The monoisotopic (exact) mass is 445 g/mol. The van der Waals surface area contributed by atoms with Crippen LogP contribution in [0.4, 0.5) is 5.69 Å². The molecule has 0 aliphatic carbocycles. The van der Waals surface area contributed by atoms with Crippen LogP contribution in [-0.2, 0) is 6.54 Å². The molecule has 7 nitrogen and oxygen atoms in total. The largest absolute Gasteiger partial charge is 0.507 e. The number of carbonyl (C=O) groups is 1. The molecule has 1 aromatic heterocycles. The number of fused-ring (bicyclic) bond motifs is 1. The number of nitrogens with zero attached hydrogens (tertiary/aromatic N) is 3. The van der Waals surface area contributed by atoms with Crippen molar-refractivity contribution in [3.05, 3.63) is 46.4 Å². The molecule has 1 heterocycles. The Hall–Kier alpha value is -2.87. The van der Waals surface area contributed by atoms with Crippen molar-refractivity contribution in [3.8, 4) is 17.4 Å². The van der Waals surface area contributed by atoms with Gasteiger partial charge in [0.25, 0.3) is 5.91 Å². The first-order chi connectivity index (χ1) is 13.5. The number of phenols is 1. The third-order valence-corrected chi connectivity index (χ3v) is 4.88. The molecule has 0 radical (unpaired) electrons. The van der Waals surface area contributed by atoms with Crippen molar-refractivity contribution in [1.82, 2.24) is 4.57 Å². The highest BCUT2D eigenvalue weighted by molar-refractivity contribution is 9.10. The number of methoxy groups -OCH3 is 1. The van der Waals surface area contributed by atoms with E-state index in [0.29, 0.717) is 22.2 Å². The average Bonchev–Trinajstić information content (AvgIpc) is 2.96. The molecule has 0 atom stereocenters. The zero-order valence-electron chi connectivity index (χ0n) is 15.5. The molecule has 0 bridgehead atoms. The number of aryl methyl sites for hydroxylation is 1. The Bertz CT molecular complexity index is 1060. The number of aromatic nitrogens is 1. The summed E-state index contributed by atoms with van der Waals surface area (Å²) in [6.45, 7) is 2.68. The minimum atomic E-state index is -0.712. The van der Waals surface area contributed by atoms with Gasteiger partial charge in [0, 0.05) is 16.4 Å². The highest BCUT2D eigenvalue weighted by atomic mass is 79.9. The van der Waals surface area contributed by atoms with Crippen LogP contribution in [0.3, 0.4) is 0 Å². The van der Waals surface area contributed by atoms with E-state index in [4.69, 9.17) is 4.74 Å². The lowest BCUT2D eigenvalue weighted by Crippen LogP contribution is -1.96. The topological polar surface area (TPSA) is 96.4 Å². The first-order valence-corrected chi connectivity index (χ1v) is 9.59. The summed E-state index contributed by atoms with van der Waals surface area (Å²) in [5, 5.41) is 28.9. The van der Waals surface area contributed by atoms with Gasteiger partial charge in [0.1, 0.15) is 11.5 Å². The zero-order valence-corrected chi connectivity index (χ0v) is 17.1. The molecule has 28 heavy (non-hydrogen) atoms. The molecular weight excluding hydrogens is 426 g/mol. The number of hydrogen-bond donors (Lipinski definition) is 2. The van der Waals surface area contributed by atoms with E-state index in [1.165, 1.54) is 12.1 Å². The Kier molecular flexibility index (Phi) is 5.99. The van der Waals surface area contributed by atoms with Gasteiger partial charge in [-0.25, -0.2) is 0 Å². The van der Waals surface area contributed by atoms with Crippen LogP contribution in [0, 0.1) is 0 Å². The molecule has 0 spiro atoms. The number of azo groups is 1. The third-order valence-electron chi connectivity index (χ3n) is 4.38. The highest BCUT2D eigenvalue weighted by Gasteiger charge is 2.18. The molecule has 0 aliphatic heterocycles. The molecule has 1 amide bonds. The molecule has 0 fully saturated rings. The number of aromatic hydroxyl groups is 2. The van der Waals surface area contributed by atoms with Gasteiger partial charge in [0.15, 0.2) is 5.69 Å². The summed E-state index contributed by atoms with van der Waals surface area (Å²) in [6, 6.07) is 9.85. The SMILES string of the molecule is CCCCn1c(O)c(N=NC(=O)c2cc(Br)ccc2O)c2cc(OC)ccc21. The maximum absolute atomic E-state index is 12.4. The normalized spacial score (nSPS) is 11.4. The number of hydrogen-bond acceptors (Lipinski definition) is 5. The van der Waals surface area contributed by atoms with Crippen molar-refractivity contribution in [2.75, 3.05) is 7.11 Å². The lowest BCUT2D eigenvalue weighted by molar-refractivity contribution is 0.0992. The van der Waals surface area contributed by atoms with Crippen LogP contribution in [0.2, 0.25) is 0 Å². The van der Waals surface area contributed by atoms with Gasteiger partial charge in [-0.05, 0) is 42.8 Å². The molecule has 2 aromatic carbocycles. The van der Waals surface area contributed by atoms with Crippen molar-refractivity contribution in [1.29, 1.82) is 0 Å². The Morgan fingerprint density at radius 1 is 1.21 bits per heavy atom. The second kappa shape index (κ2) is 8.43. The van der Waals surface area contributed by atoms with Gasteiger partial charge in [-0.15, -0.1) is 10.2 Å². The first kappa shape index (κ1) is 19.9. The van der Waals surface area contributed by atoms with Gasteiger partial charge in [0.05, 0.1) is 18.2 Å². The Labute approximate surface area is 170 Å². The summed E-state index contributed by atoms with van der Waals surface area (Å²) in [5.41, 5.74) is 0.983. The van der Waals surface area contributed by atoms with Gasteiger partial charge in [-0.1, -0.05) is 29.3 Å². The molecule has 3 rings (SSSR count). The van der Waals surface area contributed by atoms with Crippen molar-refractivity contribution in [2.45, 2.75) is 26.3 Å². The fourth-order valence-corrected chi connectivity index (χ4v) is 3.26. The predicted octanol–water partition coefficient (Wildman–Crippen LogP) is 5.55. The van der Waals surface area contributed by atoms with E-state index in [1.54, 1.807) is 29.9 Å². The molecule has 0 aliphatic rings. The summed E-state index contributed by atoms with van der Waals surface area (Å²) in [5.74, 6) is -0.363. The van der Waals surface area contributed by atoms with Crippen LogP contribution in [0.15, 0.2) is 51.1 Å². The van der Waals surface area contributed by atoms with E-state index in [0.717, 1.165) is 18.4 Å². The molecule has 146 valence electrons. The van der Waals surface area contributed by atoms with E-state index >= 15 is 0 Å². The summed E-state index contributed by atoms with van der Waals surface area (Å²) in [7, 11) is 1.55. The van der Waals surface area contributed by atoms with Crippen LogP contribution in [0.5, 0.6) is 17.4 Å². The van der Waals surface area contributed by atoms with E-state index in [-0.39, 0.29) is 22.9 Å². The zero-order chi connectivity index (χ0) is 20.3. The first-order valence-electron chi connectivity index (χ1n) is 8.80. The smallest absolute Gasteiger partial charge is 0.299 e. The third kappa shape index (κ3) is 3.87. The maximum Gasteiger partial charge on any atom is 0.299 e. The summed E-state index contributed by atoms with van der Waals surface area (Å²) < 4.78 is 7.64. The average molecular weight is 446 g/mol. The standard InChI is InChI=1S/C20H20BrN3O4/c1-3-4-9-24-16-7-6-13(28-2)11-14(16)18(20(24)27)22-23-19(26)15-10-12(21)5-8-17(15)25/h5-8,10-11,25,27H,3-4,9H2,1-2H3. The number of phenolic OH excluding ortho intramolecular Hbond substituents is 1. The number of unbranched alkanes of at least 4 members (excludes halogenated alkanes) is 1. The van der Waals surface area contributed by atoms with Crippen molar-refractivity contribution in [2.24, 2.45) is 10.2 Å². The predicted molar refractivity (Wildman–Crippen MR) is 110 cm³/mol. The fourth-order valence-electron chi connectivity index (χ4n) is 2.90. The Balaban J connectivity index is 2.06. The Morgan fingerprint density at radius 2 is 2.00 bits per heavy atom. The lowest BCUT2D eigenvalue weighted by Gasteiger charge is -2.05. The van der Waals surface area contributed by atoms with Crippen LogP contribution < -0.4 is 4.74 Å². The summed E-state index contributed by atoms with van der Waals surface area (Å²) in [6.07, 6.45) is 1.84. The number of rotatable bonds is 6. The number of carbonyl (C=O) groups excluding carboxylic acids is 1. The van der Waals surface area contributed by atoms with Gasteiger partial charge in [-0.2, -0.15) is 0 Å². The number of benzene rings is 2. The molecule has 3 aromatic rings. The quantitative estimate of drug-likeness (QED) is 0.486.